The minimum Gasteiger partial charge on any atom is -0.477 e. The fourth-order valence-corrected chi connectivity index (χ4v) is 13.6. The molecule has 47 nitrogen and oxygen atoms in total. The van der Waals surface area contributed by atoms with Crippen molar-refractivity contribution in [3.8, 4) is 0 Å². The van der Waals surface area contributed by atoms with Gasteiger partial charge < -0.3 is 210 Å². The summed E-state index contributed by atoms with van der Waals surface area (Å²) in [7, 11) is 0. The quantitative estimate of drug-likeness (QED) is 0.0346. The Bertz CT molecular complexity index is 2860. The van der Waals surface area contributed by atoms with E-state index in [2.05, 4.69) is 21.3 Å². The Balaban J connectivity index is 1.00. The van der Waals surface area contributed by atoms with E-state index in [0.29, 0.717) is 0 Å². The zero-order chi connectivity index (χ0) is 78.6. The Morgan fingerprint density at radius 2 is 0.830 bits per heavy atom. The molecule has 0 aromatic heterocycles. The van der Waals surface area contributed by atoms with Crippen LogP contribution in [0.3, 0.4) is 0 Å². The molecule has 0 radical (unpaired) electrons. The summed E-state index contributed by atoms with van der Waals surface area (Å²) in [5, 5.41) is 263. The Kier molecular flexibility index (Phi) is 30.9. The monoisotopic (exact) mass is 1550 g/mol. The van der Waals surface area contributed by atoms with Gasteiger partial charge in [0.1, 0.15) is 183 Å². The molecule has 612 valence electrons. The molecule has 47 heteroatoms. The highest BCUT2D eigenvalue weighted by atomic mass is 16.8. The van der Waals surface area contributed by atoms with Gasteiger partial charge in [-0.2, -0.15) is 0 Å². The van der Waals surface area contributed by atoms with Crippen molar-refractivity contribution in [2.45, 2.75) is 292 Å². The fraction of sp³-hybridized carbons (Fsp3) is 0.915. The molecule has 27 N–H and O–H groups in total. The molecule has 0 unspecified atom stereocenters. The molecule has 0 saturated carbocycles. The van der Waals surface area contributed by atoms with Crippen LogP contribution in [0.4, 0.5) is 0 Å². The molecule has 8 fully saturated rings. The molecule has 0 bridgehead atoms. The van der Waals surface area contributed by atoms with Crippen LogP contribution in [0.25, 0.3) is 0 Å². The molecule has 0 spiro atoms. The van der Waals surface area contributed by atoms with E-state index < -0.39 is 333 Å². The number of rotatable bonds is 28. The molecule has 106 heavy (non-hydrogen) atoms. The first-order valence-corrected chi connectivity index (χ1v) is 33.6. The zero-order valence-electron chi connectivity index (χ0n) is 57.2. The summed E-state index contributed by atoms with van der Waals surface area (Å²) in [6.45, 7) is -2.59. The van der Waals surface area contributed by atoms with Crippen LogP contribution in [0.1, 0.15) is 41.0 Å². The first kappa shape index (κ1) is 87.4. The van der Waals surface area contributed by atoms with Crippen molar-refractivity contribution >= 4 is 29.6 Å². The Morgan fingerprint density at radius 3 is 1.38 bits per heavy atom. The number of aliphatic carboxylic acids is 1. The number of aliphatic hydroxyl groups excluding tert-OH is 22. The number of amides is 4. The highest BCUT2D eigenvalue weighted by molar-refractivity contribution is 5.77. The van der Waals surface area contributed by atoms with Gasteiger partial charge in [0.2, 0.25) is 23.6 Å². The zero-order valence-corrected chi connectivity index (χ0v) is 57.2. The molecule has 0 aromatic carbocycles. The number of hydrogen-bond donors (Lipinski definition) is 27. The van der Waals surface area contributed by atoms with Gasteiger partial charge in [-0.3, -0.25) is 19.2 Å². The summed E-state index contributed by atoms with van der Waals surface area (Å²) in [6, 6.07) is -7.31. The summed E-state index contributed by atoms with van der Waals surface area (Å²) in [5.41, 5.74) is 0. The lowest BCUT2D eigenvalue weighted by atomic mass is 9.88. The molecule has 41 atom stereocenters. The molecule has 8 aliphatic rings. The third kappa shape index (κ3) is 19.1. The first-order valence-electron chi connectivity index (χ1n) is 33.6. The van der Waals surface area contributed by atoms with Crippen LogP contribution in [-0.4, -0.2) is 444 Å². The lowest BCUT2D eigenvalue weighted by Gasteiger charge is -2.51. The van der Waals surface area contributed by atoms with Crippen LogP contribution >= 0.6 is 0 Å². The number of hydrogen-bond acceptors (Lipinski definition) is 42. The van der Waals surface area contributed by atoms with Crippen molar-refractivity contribution < 1.29 is 212 Å². The molecule has 0 aromatic rings. The summed E-state index contributed by atoms with van der Waals surface area (Å²) in [4.78, 5) is 63.8. The maximum absolute atomic E-state index is 13.2. The van der Waals surface area contributed by atoms with E-state index in [-0.39, 0.29) is 0 Å². The highest BCUT2D eigenvalue weighted by Crippen LogP contribution is 2.41. The summed E-state index contributed by atoms with van der Waals surface area (Å²) in [5.74, 6) is -8.98. The van der Waals surface area contributed by atoms with Gasteiger partial charge in [-0.15, -0.1) is 0 Å². The number of aliphatic hydroxyl groups is 22. The Labute approximate surface area is 600 Å². The maximum atomic E-state index is 13.2. The molecule has 0 aliphatic carbocycles. The molecule has 4 amide bonds. The topological polar surface area (TPSA) is 737 Å². The number of carbonyl (C=O) groups is 5. The van der Waals surface area contributed by atoms with E-state index in [1.165, 1.54) is 6.92 Å². The number of nitrogens with one attached hydrogen (secondary N) is 4. The van der Waals surface area contributed by atoms with Gasteiger partial charge >= 0.3 is 5.97 Å². The van der Waals surface area contributed by atoms with E-state index >= 15 is 0 Å². The largest absolute Gasteiger partial charge is 0.477 e. The minimum atomic E-state index is -3.25. The van der Waals surface area contributed by atoms with Crippen molar-refractivity contribution in [2.24, 2.45) is 0 Å². The average Bonchev–Trinajstić information content (AvgIpc) is 0.759. The maximum Gasteiger partial charge on any atom is 0.364 e. The smallest absolute Gasteiger partial charge is 0.364 e. The van der Waals surface area contributed by atoms with Gasteiger partial charge in [-0.1, -0.05) is 0 Å². The Morgan fingerprint density at radius 1 is 0.406 bits per heavy atom. The normalized spacial score (nSPS) is 47.2. The van der Waals surface area contributed by atoms with Gasteiger partial charge in [0.25, 0.3) is 5.79 Å². The number of carbonyl (C=O) groups excluding carboxylic acids is 4. The van der Waals surface area contributed by atoms with Gasteiger partial charge in [-0.05, 0) is 6.92 Å². The van der Waals surface area contributed by atoms with Crippen molar-refractivity contribution in [3.05, 3.63) is 0 Å². The number of carboxylic acids is 1. The third-order valence-corrected chi connectivity index (χ3v) is 19.2. The third-order valence-electron chi connectivity index (χ3n) is 19.2. The van der Waals surface area contributed by atoms with E-state index in [9.17, 15) is 141 Å². The lowest BCUT2D eigenvalue weighted by Crippen LogP contribution is -2.71. The summed E-state index contributed by atoms with van der Waals surface area (Å²) in [6.07, 6.45) is -74.8. The van der Waals surface area contributed by atoms with Gasteiger partial charge in [0.15, 0.2) is 44.0 Å². The SMILES string of the molecule is CC(=O)N[C@@H]1[C@@H](O[C@@H]2O[C@H](CO)[C@H](O)[C@H](O[C@]3(C(=O)O)C[C@H](O)[C@@H](NC(C)=O)[C@H]([C@H](O)[C@H](O)CO)O3)[C@H]2O)[C@@H](O)[C@@H](CO[C@@H]2O[C@H](CO)[C@@H](O[C@@H]3O[C@H](CO)[C@H](O)[C@H](O[C@@H]4O[C@H](CO)[C@@H](O)[C@H](O[C@@H]5O[C@H](CO)[C@H](O)[C@H](O)[C@H]5O[C@@H]5O[C@@H](C)[C@@H](O)[C@@H](O)[C@@H]5O)[C@H]4NC(C)=O)[C@H]3O)[C@H](O)[C@H]2NC(C)=O)O[C@@H]1O. The van der Waals surface area contributed by atoms with Crippen LogP contribution in [-0.2, 0) is 95.0 Å². The van der Waals surface area contributed by atoms with Crippen LogP contribution in [0, 0.1) is 0 Å². The molecular formula is C59H98N4O43. The predicted octanol–water partition coefficient (Wildman–Crippen LogP) is -17.6. The fourth-order valence-electron chi connectivity index (χ4n) is 13.6. The first-order chi connectivity index (χ1) is 49.9. The van der Waals surface area contributed by atoms with Crippen molar-refractivity contribution in [1.82, 2.24) is 21.3 Å². The van der Waals surface area contributed by atoms with Gasteiger partial charge in [0, 0.05) is 34.1 Å². The highest BCUT2D eigenvalue weighted by Gasteiger charge is 2.63. The van der Waals surface area contributed by atoms with E-state index in [1.807, 2.05) is 0 Å². The second-order valence-corrected chi connectivity index (χ2v) is 26.8. The standard InChI is InChI=1S/C59H98N4O43/c1-14-31(76)39(84)41(86)54(93-14)104-50-40(85)33(78)21(8-65)98-57(50)102-46-30(63-18(5)73)53(95-22(9-66)34(46)79)103-48-35(80)23(10-67)96-55(42(48)87)100-44-25(12-69)99-52(28(38(44)83)61-16(3)71)92-13-26-37(82)45(29(51(89)94-26)62-17(4)72)101-56-43(88)49(36(81)24(11-68)97-56)106-59(58(90)91)6-19(74)27(60-15(2)70)47(105-59)32(77)20(75)7-64/h14,19-57,64-69,74-89H,6-13H2,1-5H3,(H,60,70)(H,61,71)(H,62,72)(H,63,73)(H,90,91)/t14-,19-,20+,21+,22+,23+,24+,25+,26+,27+,28+,29+,30+,31+,32+,33-,34+,35-,36-,37-,38+,39+,40-,41-,42+,43+,44+,45+,46+,47+,48-,49-,50+,51-,52+,53-,54-,55-,56-,57-,59-/m0/s1. The molecule has 8 saturated heterocycles. The van der Waals surface area contributed by atoms with Crippen LogP contribution in [0.15, 0.2) is 0 Å². The van der Waals surface area contributed by atoms with Crippen molar-refractivity contribution in [2.75, 3.05) is 46.2 Å². The van der Waals surface area contributed by atoms with Gasteiger partial charge in [0.05, 0.1) is 64.5 Å². The van der Waals surface area contributed by atoms with Crippen molar-refractivity contribution in [3.63, 3.8) is 0 Å². The van der Waals surface area contributed by atoms with Crippen LogP contribution in [0.5, 0.6) is 0 Å². The van der Waals surface area contributed by atoms with Gasteiger partial charge in [-0.25, -0.2) is 4.79 Å². The lowest BCUT2D eigenvalue weighted by molar-refractivity contribution is -0.389. The number of ether oxygens (including phenoxy) is 15. The molecule has 8 aliphatic heterocycles. The average molecular weight is 1550 g/mol. The predicted molar refractivity (Wildman–Crippen MR) is 327 cm³/mol. The number of carboxylic acid groups (broad SMARTS) is 1. The summed E-state index contributed by atoms with van der Waals surface area (Å²) < 4.78 is 87.5. The molecular weight excluding hydrogens is 1450 g/mol. The van der Waals surface area contributed by atoms with E-state index in [0.717, 1.165) is 27.7 Å². The second-order valence-electron chi connectivity index (χ2n) is 26.8. The van der Waals surface area contributed by atoms with Crippen LogP contribution < -0.4 is 21.3 Å². The van der Waals surface area contributed by atoms with Crippen LogP contribution in [0.2, 0.25) is 0 Å². The summed E-state index contributed by atoms with van der Waals surface area (Å²) >= 11 is 0. The molecule has 8 rings (SSSR count). The Hall–Kier alpha value is -4.13. The van der Waals surface area contributed by atoms with E-state index in [1.54, 1.807) is 0 Å². The minimum absolute atomic E-state index is 0.852. The molecule has 8 heterocycles. The van der Waals surface area contributed by atoms with E-state index in [4.69, 9.17) is 71.1 Å². The second kappa shape index (κ2) is 37.5. The van der Waals surface area contributed by atoms with Crippen molar-refractivity contribution in [1.29, 1.82) is 0 Å².